The number of rotatable bonds is 2. The van der Waals surface area contributed by atoms with Crippen LogP contribution in [0.4, 0.5) is 4.39 Å². The Morgan fingerprint density at radius 2 is 2.07 bits per heavy atom. The molecule has 80 valence electrons. The molecule has 0 amide bonds. The molecule has 0 aromatic heterocycles. The van der Waals surface area contributed by atoms with Crippen LogP contribution < -0.4 is 0 Å². The normalized spacial score (nSPS) is 25.9. The van der Waals surface area contributed by atoms with E-state index in [1.807, 2.05) is 0 Å². The summed E-state index contributed by atoms with van der Waals surface area (Å²) in [6.45, 7) is 0.366. The summed E-state index contributed by atoms with van der Waals surface area (Å²) in [5, 5.41) is 0. The van der Waals surface area contributed by atoms with Crippen molar-refractivity contribution in [1.29, 1.82) is 0 Å². The number of hydrogen-bond acceptors (Lipinski definition) is 2. The van der Waals surface area contributed by atoms with Gasteiger partial charge in [0.05, 0.1) is 12.0 Å². The molecule has 1 heterocycles. The van der Waals surface area contributed by atoms with Crippen molar-refractivity contribution >= 4 is 17.4 Å². The molecule has 0 unspecified atom stereocenters. The average Bonchev–Trinajstić information content (AvgIpc) is 2.62. The van der Waals surface area contributed by atoms with E-state index in [0.717, 1.165) is 5.56 Å². The van der Waals surface area contributed by atoms with Gasteiger partial charge in [-0.2, -0.15) is 0 Å². The van der Waals surface area contributed by atoms with Crippen molar-refractivity contribution in [3.8, 4) is 0 Å². The van der Waals surface area contributed by atoms with Crippen molar-refractivity contribution < 1.29 is 13.9 Å². The van der Waals surface area contributed by atoms with Gasteiger partial charge >= 0.3 is 0 Å². The predicted molar refractivity (Wildman–Crippen MR) is 54.6 cm³/mol. The Balaban J connectivity index is 2.42. The number of ketones is 1. The van der Waals surface area contributed by atoms with Gasteiger partial charge in [0.25, 0.3) is 0 Å². The largest absolute Gasteiger partial charge is 0.372 e. The van der Waals surface area contributed by atoms with Crippen LogP contribution in [0.3, 0.4) is 0 Å². The zero-order valence-electron chi connectivity index (χ0n) is 8.00. The fourth-order valence-electron chi connectivity index (χ4n) is 1.74. The topological polar surface area (TPSA) is 26.3 Å². The lowest BCUT2D eigenvalue weighted by Gasteiger charge is -2.23. The molecule has 0 saturated carbocycles. The van der Waals surface area contributed by atoms with E-state index in [2.05, 4.69) is 0 Å². The van der Waals surface area contributed by atoms with E-state index in [4.69, 9.17) is 16.3 Å². The number of Topliss-reactive ketones (excluding diaryl/α,β-unsaturated/α-hetero) is 1. The molecular formula is C11H10ClFO2. The quantitative estimate of drug-likeness (QED) is 0.723. The Morgan fingerprint density at radius 3 is 2.53 bits per heavy atom. The van der Waals surface area contributed by atoms with Crippen LogP contribution in [0.2, 0.25) is 0 Å². The van der Waals surface area contributed by atoms with Crippen molar-refractivity contribution in [2.75, 3.05) is 19.1 Å². The van der Waals surface area contributed by atoms with E-state index < -0.39 is 5.41 Å². The second kappa shape index (κ2) is 3.91. The molecule has 4 heteroatoms. The van der Waals surface area contributed by atoms with E-state index in [1.165, 1.54) is 12.1 Å². The van der Waals surface area contributed by atoms with Gasteiger partial charge in [-0.1, -0.05) is 12.1 Å². The first-order valence-electron chi connectivity index (χ1n) is 4.62. The van der Waals surface area contributed by atoms with Gasteiger partial charge in [-0.15, -0.1) is 11.6 Å². The first-order valence-corrected chi connectivity index (χ1v) is 5.15. The standard InChI is InChI=1S/C11H10ClFO2/c12-6-11(7-15-5-10(11)14)8-1-3-9(13)4-2-8/h1-4H,5-7H2/t11-/m1/s1. The summed E-state index contributed by atoms with van der Waals surface area (Å²) < 4.78 is 17.9. The molecule has 1 saturated heterocycles. The number of carbonyl (C=O) groups excluding carboxylic acids is 1. The van der Waals surface area contributed by atoms with Crippen LogP contribution >= 0.6 is 11.6 Å². The van der Waals surface area contributed by atoms with E-state index in [0.29, 0.717) is 0 Å². The molecule has 1 aliphatic heterocycles. The number of halogens is 2. The molecule has 0 radical (unpaired) electrons. The highest BCUT2D eigenvalue weighted by molar-refractivity contribution is 6.21. The maximum atomic E-state index is 12.8. The minimum absolute atomic E-state index is 0.0379. The first-order chi connectivity index (χ1) is 7.19. The summed E-state index contributed by atoms with van der Waals surface area (Å²) in [6.07, 6.45) is 0. The summed E-state index contributed by atoms with van der Waals surface area (Å²) in [5.41, 5.74) is -0.0590. The molecule has 2 rings (SSSR count). The van der Waals surface area contributed by atoms with Crippen LogP contribution in [0.15, 0.2) is 24.3 Å². The molecule has 0 N–H and O–H groups in total. The van der Waals surface area contributed by atoms with Gasteiger partial charge < -0.3 is 4.74 Å². The highest BCUT2D eigenvalue weighted by Gasteiger charge is 2.44. The van der Waals surface area contributed by atoms with Crippen molar-refractivity contribution in [1.82, 2.24) is 0 Å². The Morgan fingerprint density at radius 1 is 1.40 bits per heavy atom. The molecule has 0 bridgehead atoms. The second-order valence-corrected chi connectivity index (χ2v) is 3.91. The number of hydrogen-bond donors (Lipinski definition) is 0. The zero-order valence-corrected chi connectivity index (χ0v) is 8.76. The summed E-state index contributed by atoms with van der Waals surface area (Å²) >= 11 is 5.84. The Labute approximate surface area is 92.0 Å². The summed E-state index contributed by atoms with van der Waals surface area (Å²) in [5.74, 6) is -0.198. The van der Waals surface area contributed by atoms with Crippen LogP contribution in [0.5, 0.6) is 0 Å². The Hall–Kier alpha value is -0.930. The lowest BCUT2D eigenvalue weighted by atomic mass is 9.81. The lowest BCUT2D eigenvalue weighted by molar-refractivity contribution is -0.121. The van der Waals surface area contributed by atoms with Gasteiger partial charge in [-0.25, -0.2) is 4.39 Å². The van der Waals surface area contributed by atoms with Crippen LogP contribution in [-0.2, 0) is 14.9 Å². The smallest absolute Gasteiger partial charge is 0.172 e. The number of ether oxygens (including phenoxy) is 1. The van der Waals surface area contributed by atoms with Gasteiger partial charge in [-0.05, 0) is 17.7 Å². The SMILES string of the molecule is O=C1COC[C@]1(CCl)c1ccc(F)cc1. The highest BCUT2D eigenvalue weighted by Crippen LogP contribution is 2.31. The molecule has 1 aromatic rings. The van der Waals surface area contributed by atoms with Gasteiger partial charge in [0, 0.05) is 5.88 Å². The molecule has 15 heavy (non-hydrogen) atoms. The lowest BCUT2D eigenvalue weighted by Crippen LogP contribution is -2.36. The molecule has 0 aliphatic carbocycles. The first kappa shape index (κ1) is 10.6. The van der Waals surface area contributed by atoms with Crippen molar-refractivity contribution in [3.63, 3.8) is 0 Å². The van der Waals surface area contributed by atoms with Crippen molar-refractivity contribution in [3.05, 3.63) is 35.6 Å². The van der Waals surface area contributed by atoms with Crippen LogP contribution in [-0.4, -0.2) is 24.9 Å². The highest BCUT2D eigenvalue weighted by atomic mass is 35.5. The zero-order chi connectivity index (χ0) is 10.9. The van der Waals surface area contributed by atoms with E-state index in [9.17, 15) is 9.18 Å². The fourth-order valence-corrected chi connectivity index (χ4v) is 2.12. The monoisotopic (exact) mass is 228 g/mol. The molecule has 1 atom stereocenters. The third kappa shape index (κ3) is 1.66. The van der Waals surface area contributed by atoms with Gasteiger partial charge in [0.2, 0.25) is 0 Å². The van der Waals surface area contributed by atoms with Gasteiger partial charge in [-0.3, -0.25) is 4.79 Å². The number of benzene rings is 1. The fraction of sp³-hybridized carbons (Fsp3) is 0.364. The average molecular weight is 229 g/mol. The minimum Gasteiger partial charge on any atom is -0.372 e. The molecule has 2 nitrogen and oxygen atoms in total. The minimum atomic E-state index is -0.782. The maximum absolute atomic E-state index is 12.8. The van der Waals surface area contributed by atoms with Crippen LogP contribution in [0.1, 0.15) is 5.56 Å². The molecule has 1 fully saturated rings. The van der Waals surface area contributed by atoms with E-state index >= 15 is 0 Å². The molecule has 0 spiro atoms. The third-order valence-electron chi connectivity index (χ3n) is 2.74. The van der Waals surface area contributed by atoms with Crippen LogP contribution in [0.25, 0.3) is 0 Å². The predicted octanol–water partition coefficient (Wildman–Crippen LogP) is 1.90. The summed E-state index contributed by atoms with van der Waals surface area (Å²) in [4.78, 5) is 11.7. The van der Waals surface area contributed by atoms with E-state index in [1.54, 1.807) is 12.1 Å². The molecule has 1 aromatic carbocycles. The number of alkyl halides is 1. The molecule has 1 aliphatic rings. The Bertz CT molecular complexity index is 377. The van der Waals surface area contributed by atoms with E-state index in [-0.39, 0.29) is 30.7 Å². The van der Waals surface area contributed by atoms with Crippen molar-refractivity contribution in [2.45, 2.75) is 5.41 Å². The maximum Gasteiger partial charge on any atom is 0.172 e. The summed E-state index contributed by atoms with van der Waals surface area (Å²) in [7, 11) is 0. The van der Waals surface area contributed by atoms with Crippen molar-refractivity contribution in [2.24, 2.45) is 0 Å². The number of carbonyl (C=O) groups is 1. The Kier molecular flexibility index (Phi) is 2.76. The van der Waals surface area contributed by atoms with Gasteiger partial charge in [0.15, 0.2) is 5.78 Å². The van der Waals surface area contributed by atoms with Crippen LogP contribution in [0, 0.1) is 5.82 Å². The summed E-state index contributed by atoms with van der Waals surface area (Å²) in [6, 6.07) is 5.83. The van der Waals surface area contributed by atoms with Gasteiger partial charge in [0.1, 0.15) is 12.4 Å². The molecular weight excluding hydrogens is 219 g/mol. The third-order valence-corrected chi connectivity index (χ3v) is 3.20. The second-order valence-electron chi connectivity index (χ2n) is 3.64.